The lowest BCUT2D eigenvalue weighted by Gasteiger charge is -2.14. The fraction of sp³-hybridized carbons (Fsp3) is 0.357. The average Bonchev–Trinajstić information content (AvgIpc) is 3.21. The number of aliphatic hydroxyl groups is 2. The number of aliphatic hydroxyl groups excluding tert-OH is 2. The van der Waals surface area contributed by atoms with Crippen molar-refractivity contribution in [3.63, 3.8) is 0 Å². The molecule has 0 spiro atoms. The summed E-state index contributed by atoms with van der Waals surface area (Å²) in [5.41, 5.74) is -0.386. The summed E-state index contributed by atoms with van der Waals surface area (Å²) in [6, 6.07) is 1.83. The molecule has 0 amide bonds. The number of hydrogen-bond donors (Lipinski definition) is 4. The van der Waals surface area contributed by atoms with Gasteiger partial charge in [-0.25, -0.2) is 4.79 Å². The Bertz CT molecular complexity index is 970. The molecule has 0 unspecified atom stereocenters. The van der Waals surface area contributed by atoms with E-state index in [0.717, 1.165) is 0 Å². The molecule has 10 nitrogen and oxygen atoms in total. The van der Waals surface area contributed by atoms with Gasteiger partial charge in [-0.05, 0) is 0 Å². The minimum atomic E-state index is -0.873. The summed E-state index contributed by atoms with van der Waals surface area (Å²) in [7, 11) is 0. The van der Waals surface area contributed by atoms with Gasteiger partial charge in [-0.2, -0.15) is 5.10 Å². The Balaban J connectivity index is 1.78. The molecule has 1 fully saturated rings. The first-order valence-electron chi connectivity index (χ1n) is 7.44. The predicted octanol–water partition coefficient (Wildman–Crippen LogP) is -1.99. The van der Waals surface area contributed by atoms with Crippen molar-refractivity contribution in [3.8, 4) is 11.3 Å². The quantitative estimate of drug-likeness (QED) is 0.412. The van der Waals surface area contributed by atoms with E-state index >= 15 is 0 Å². The molecule has 3 aromatic rings. The third-order valence-electron chi connectivity index (χ3n) is 4.16. The van der Waals surface area contributed by atoms with Crippen LogP contribution in [0.5, 0.6) is 0 Å². The lowest BCUT2D eigenvalue weighted by molar-refractivity contribution is -0.617. The molecule has 126 valence electrons. The monoisotopic (exact) mass is 334 g/mol. The third kappa shape index (κ3) is 2.28. The minimum absolute atomic E-state index is 0.151. The van der Waals surface area contributed by atoms with Crippen LogP contribution >= 0.6 is 0 Å². The highest BCUT2D eigenvalue weighted by Crippen LogP contribution is 2.27. The molecule has 4 N–H and O–H groups in total. The van der Waals surface area contributed by atoms with E-state index in [1.165, 1.54) is 10.8 Å². The van der Waals surface area contributed by atoms with Gasteiger partial charge in [0.2, 0.25) is 5.69 Å². The summed E-state index contributed by atoms with van der Waals surface area (Å²) < 4.78 is 10.1. The molecule has 1 saturated heterocycles. The zero-order chi connectivity index (χ0) is 16.8. The second kappa shape index (κ2) is 5.44. The molecule has 3 atom stereocenters. The molecule has 0 bridgehead atoms. The van der Waals surface area contributed by atoms with Crippen LogP contribution in [0.3, 0.4) is 0 Å². The van der Waals surface area contributed by atoms with Gasteiger partial charge in [0.25, 0.3) is 5.56 Å². The Morgan fingerprint density at radius 3 is 2.96 bits per heavy atom. The summed E-state index contributed by atoms with van der Waals surface area (Å²) in [4.78, 5) is 26.5. The van der Waals surface area contributed by atoms with Crippen LogP contribution in [0, 0.1) is 0 Å². The third-order valence-corrected chi connectivity index (χ3v) is 4.16. The molecule has 0 saturated carbocycles. The Labute approximate surface area is 134 Å². The normalized spacial score (nSPS) is 24.0. The van der Waals surface area contributed by atoms with Crippen molar-refractivity contribution in [2.24, 2.45) is 0 Å². The van der Waals surface area contributed by atoms with E-state index in [1.54, 1.807) is 27.7 Å². The zero-order valence-corrected chi connectivity index (χ0v) is 12.5. The van der Waals surface area contributed by atoms with Crippen molar-refractivity contribution in [2.45, 2.75) is 24.9 Å². The van der Waals surface area contributed by atoms with E-state index in [4.69, 9.17) is 9.84 Å². The highest BCUT2D eigenvalue weighted by Gasteiger charge is 2.35. The summed E-state index contributed by atoms with van der Waals surface area (Å²) in [6.07, 6.45) is 4.44. The first-order valence-corrected chi connectivity index (χ1v) is 7.44. The number of aromatic nitrogens is 5. The topological polar surface area (TPSA) is 129 Å². The van der Waals surface area contributed by atoms with Crippen molar-refractivity contribution in [1.82, 2.24) is 19.3 Å². The molecule has 0 aromatic carbocycles. The number of aromatic amines is 2. The highest BCUT2D eigenvalue weighted by molar-refractivity contribution is 5.53. The number of H-pyrrole nitrogens is 2. The number of ether oxygens (including phenoxy) is 1. The lowest BCUT2D eigenvalue weighted by atomic mass is 10.2. The van der Waals surface area contributed by atoms with Gasteiger partial charge in [0.15, 0.2) is 6.20 Å². The summed E-state index contributed by atoms with van der Waals surface area (Å²) in [6.45, 7) is -0.346. The molecule has 1 aliphatic heterocycles. The number of nitrogens with zero attached hydrogens (tertiary/aromatic N) is 3. The molecule has 0 radical (unpaired) electrons. The van der Waals surface area contributed by atoms with E-state index in [-0.39, 0.29) is 18.6 Å². The minimum Gasteiger partial charge on any atom is -0.394 e. The highest BCUT2D eigenvalue weighted by atomic mass is 16.5. The first-order chi connectivity index (χ1) is 11.6. The molecule has 0 aliphatic carbocycles. The number of fused-ring (bicyclic) bond motifs is 1. The molecule has 4 rings (SSSR count). The van der Waals surface area contributed by atoms with Crippen LogP contribution in [-0.2, 0) is 4.74 Å². The van der Waals surface area contributed by atoms with Crippen LogP contribution in [0.15, 0.2) is 40.4 Å². The van der Waals surface area contributed by atoms with Crippen molar-refractivity contribution >= 4 is 0 Å². The second-order valence-electron chi connectivity index (χ2n) is 5.69. The van der Waals surface area contributed by atoms with Crippen molar-refractivity contribution in [1.29, 1.82) is 0 Å². The van der Waals surface area contributed by atoms with E-state index in [1.807, 2.05) is 6.07 Å². The van der Waals surface area contributed by atoms with Crippen LogP contribution in [0.2, 0.25) is 0 Å². The van der Waals surface area contributed by atoms with Crippen molar-refractivity contribution in [3.05, 3.63) is 51.7 Å². The maximum Gasteiger partial charge on any atom is 0.330 e. The van der Waals surface area contributed by atoms with Crippen LogP contribution in [0.1, 0.15) is 12.6 Å². The summed E-state index contributed by atoms with van der Waals surface area (Å²) in [5, 5.41) is 22.0. The standard InChI is InChI=1S/C14H15N5O5/c20-7-11-10(21)4-12(24-11)18-5-8(13(22)15-14(18)23)9-6-17-2-1-3-19(17)16-9/h1-3,5-6,10-12,16,20-21H,4,7H2/p+1/t10-,11+,12+/m0/s1. The molecule has 1 aliphatic rings. The Morgan fingerprint density at radius 2 is 2.25 bits per heavy atom. The van der Waals surface area contributed by atoms with Gasteiger partial charge in [-0.3, -0.25) is 14.3 Å². The summed E-state index contributed by atoms with van der Waals surface area (Å²) >= 11 is 0. The van der Waals surface area contributed by atoms with Gasteiger partial charge >= 0.3 is 5.69 Å². The van der Waals surface area contributed by atoms with Crippen LogP contribution in [-0.4, -0.2) is 48.3 Å². The molecule has 4 heterocycles. The van der Waals surface area contributed by atoms with E-state index in [9.17, 15) is 14.7 Å². The first kappa shape index (κ1) is 14.9. The SMILES string of the molecule is O=c1[nH]c(=O)n([C@H]2C[C@H](O)[C@@H](CO)O2)cc1-c1c[n+]2cccn2[nH]1. The van der Waals surface area contributed by atoms with Gasteiger partial charge in [-0.1, -0.05) is 4.63 Å². The van der Waals surface area contributed by atoms with Crippen LogP contribution in [0.4, 0.5) is 0 Å². The number of rotatable bonds is 3. The molecule has 10 heteroatoms. The number of hydrogen-bond acceptors (Lipinski definition) is 5. The van der Waals surface area contributed by atoms with Crippen LogP contribution < -0.4 is 15.8 Å². The van der Waals surface area contributed by atoms with Gasteiger partial charge in [-0.15, -0.1) is 4.52 Å². The molecular weight excluding hydrogens is 318 g/mol. The Kier molecular flexibility index (Phi) is 3.37. The van der Waals surface area contributed by atoms with Gasteiger partial charge in [0.1, 0.15) is 24.1 Å². The smallest absolute Gasteiger partial charge is 0.330 e. The predicted molar refractivity (Wildman–Crippen MR) is 79.3 cm³/mol. The van der Waals surface area contributed by atoms with E-state index < -0.39 is 29.7 Å². The molecule has 3 aromatic heterocycles. The zero-order valence-electron chi connectivity index (χ0n) is 12.5. The van der Waals surface area contributed by atoms with Gasteiger partial charge < -0.3 is 14.9 Å². The van der Waals surface area contributed by atoms with E-state index in [2.05, 4.69) is 10.1 Å². The second-order valence-corrected chi connectivity index (χ2v) is 5.69. The fourth-order valence-corrected chi connectivity index (χ4v) is 2.91. The maximum atomic E-state index is 12.2. The molecular formula is C14H16N5O5+. The average molecular weight is 334 g/mol. The molecule has 24 heavy (non-hydrogen) atoms. The maximum absolute atomic E-state index is 12.2. The van der Waals surface area contributed by atoms with Gasteiger partial charge in [0, 0.05) is 18.7 Å². The number of nitrogens with one attached hydrogen (secondary N) is 2. The van der Waals surface area contributed by atoms with Crippen LogP contribution in [0.25, 0.3) is 11.3 Å². The lowest BCUT2D eigenvalue weighted by Crippen LogP contribution is -2.33. The largest absolute Gasteiger partial charge is 0.394 e. The fourth-order valence-electron chi connectivity index (χ4n) is 2.91. The van der Waals surface area contributed by atoms with E-state index in [0.29, 0.717) is 5.69 Å². The van der Waals surface area contributed by atoms with Crippen molar-refractivity contribution < 1.29 is 19.5 Å². The Morgan fingerprint density at radius 1 is 1.42 bits per heavy atom. The Hall–Kier alpha value is -2.69. The van der Waals surface area contributed by atoms with Gasteiger partial charge in [0.05, 0.1) is 18.9 Å². The van der Waals surface area contributed by atoms with Crippen molar-refractivity contribution in [2.75, 3.05) is 6.61 Å². The summed E-state index contributed by atoms with van der Waals surface area (Å²) in [5.74, 6) is 0.